The third kappa shape index (κ3) is 4.29. The van der Waals surface area contributed by atoms with Crippen LogP contribution in [0.1, 0.15) is 27.8 Å². The minimum atomic E-state index is -0.789. The molecule has 0 unspecified atom stereocenters. The summed E-state index contributed by atoms with van der Waals surface area (Å²) in [6.07, 6.45) is 1.94. The van der Waals surface area contributed by atoms with Crippen LogP contribution in [0.15, 0.2) is 84.4 Å². The van der Waals surface area contributed by atoms with Crippen molar-refractivity contribution in [1.29, 1.82) is 0 Å². The number of fused-ring (bicyclic) bond motifs is 1. The van der Waals surface area contributed by atoms with Crippen molar-refractivity contribution in [1.82, 2.24) is 5.32 Å². The predicted octanol–water partition coefficient (Wildman–Crippen LogP) is 5.85. The van der Waals surface area contributed by atoms with Gasteiger partial charge in [-0.3, -0.25) is 14.9 Å². The van der Waals surface area contributed by atoms with Gasteiger partial charge in [0.05, 0.1) is 5.69 Å². The van der Waals surface area contributed by atoms with Gasteiger partial charge in [-0.15, -0.1) is 0 Å². The lowest BCUT2D eigenvalue weighted by Crippen LogP contribution is -2.54. The van der Waals surface area contributed by atoms with Gasteiger partial charge in [0.15, 0.2) is 0 Å². The largest absolute Gasteiger partial charge is 0.335 e. The van der Waals surface area contributed by atoms with Gasteiger partial charge in [0, 0.05) is 0 Å². The van der Waals surface area contributed by atoms with Crippen LogP contribution in [-0.2, 0) is 16.0 Å². The number of barbiturate groups is 1. The molecule has 4 aromatic carbocycles. The van der Waals surface area contributed by atoms with E-state index in [-0.39, 0.29) is 11.4 Å². The number of nitrogens with one attached hydrogen (secondary N) is 1. The molecule has 1 fully saturated rings. The molecule has 0 aliphatic carbocycles. The number of imide groups is 2. The molecule has 6 heteroatoms. The van der Waals surface area contributed by atoms with Crippen LogP contribution >= 0.6 is 0 Å². The molecule has 5 nitrogen and oxygen atoms in total. The Morgan fingerprint density at radius 1 is 0.861 bits per heavy atom. The number of urea groups is 1. The first-order valence-electron chi connectivity index (χ1n) is 11.6. The summed E-state index contributed by atoms with van der Waals surface area (Å²) in [6, 6.07) is 22.3. The highest BCUT2D eigenvalue weighted by Crippen LogP contribution is 2.29. The van der Waals surface area contributed by atoms with E-state index in [9.17, 15) is 18.8 Å². The zero-order valence-corrected chi connectivity index (χ0v) is 19.8. The number of halogens is 1. The second-order valence-corrected chi connectivity index (χ2v) is 8.89. The molecule has 178 valence electrons. The average molecular weight is 479 g/mol. The Bertz CT molecular complexity index is 1590. The summed E-state index contributed by atoms with van der Waals surface area (Å²) in [4.78, 5) is 40.1. The Morgan fingerprint density at radius 3 is 2.44 bits per heavy atom. The fourth-order valence-corrected chi connectivity index (χ4v) is 4.43. The Kier molecular flexibility index (Phi) is 5.94. The van der Waals surface area contributed by atoms with Gasteiger partial charge in [0.1, 0.15) is 11.4 Å². The maximum absolute atomic E-state index is 13.8. The fourth-order valence-electron chi connectivity index (χ4n) is 4.43. The second-order valence-electron chi connectivity index (χ2n) is 8.89. The molecular weight excluding hydrogens is 455 g/mol. The third-order valence-electron chi connectivity index (χ3n) is 6.48. The molecule has 1 saturated heterocycles. The number of hydrogen-bond acceptors (Lipinski definition) is 3. The minimum absolute atomic E-state index is 0.148. The van der Waals surface area contributed by atoms with Gasteiger partial charge in [-0.25, -0.2) is 14.1 Å². The zero-order valence-electron chi connectivity index (χ0n) is 19.8. The van der Waals surface area contributed by atoms with Crippen LogP contribution in [-0.4, -0.2) is 17.8 Å². The topological polar surface area (TPSA) is 66.5 Å². The molecule has 1 aliphatic heterocycles. The van der Waals surface area contributed by atoms with E-state index in [0.717, 1.165) is 37.9 Å². The number of rotatable bonds is 4. The summed E-state index contributed by atoms with van der Waals surface area (Å²) in [6.45, 7) is 3.83. The van der Waals surface area contributed by atoms with Crippen molar-refractivity contribution in [3.8, 4) is 0 Å². The summed E-state index contributed by atoms with van der Waals surface area (Å²) in [7, 11) is 0. The van der Waals surface area contributed by atoms with Crippen LogP contribution in [0.2, 0.25) is 0 Å². The van der Waals surface area contributed by atoms with Crippen LogP contribution in [0.5, 0.6) is 0 Å². The SMILES string of the molecule is Cc1ccc(N2C(=O)NC(=O)/C(=C\c3c(Cc4cccc(F)c4)ccc4ccccc34)C2=O)cc1C. The number of hydrogen-bond donors (Lipinski definition) is 1. The number of carbonyl (C=O) groups excluding carboxylic acids is 3. The van der Waals surface area contributed by atoms with Crippen molar-refractivity contribution in [3.05, 3.63) is 118 Å². The Morgan fingerprint density at radius 2 is 1.67 bits per heavy atom. The smallest absolute Gasteiger partial charge is 0.273 e. The van der Waals surface area contributed by atoms with E-state index in [1.165, 1.54) is 18.2 Å². The molecule has 0 atom stereocenters. The highest BCUT2D eigenvalue weighted by molar-refractivity contribution is 6.39. The molecule has 1 N–H and O–H groups in total. The Balaban J connectivity index is 1.64. The van der Waals surface area contributed by atoms with Crippen molar-refractivity contribution in [2.24, 2.45) is 0 Å². The lowest BCUT2D eigenvalue weighted by molar-refractivity contribution is -0.122. The van der Waals surface area contributed by atoms with Crippen molar-refractivity contribution in [2.45, 2.75) is 20.3 Å². The van der Waals surface area contributed by atoms with E-state index in [4.69, 9.17) is 0 Å². The molecule has 1 aliphatic rings. The van der Waals surface area contributed by atoms with E-state index in [1.807, 2.05) is 62.4 Å². The second kappa shape index (κ2) is 9.23. The number of carbonyl (C=O) groups is 3. The molecule has 0 radical (unpaired) electrons. The molecule has 0 aromatic heterocycles. The number of anilines is 1. The molecule has 5 rings (SSSR count). The minimum Gasteiger partial charge on any atom is -0.273 e. The maximum atomic E-state index is 13.8. The van der Waals surface area contributed by atoms with E-state index >= 15 is 0 Å². The normalized spacial score (nSPS) is 15.0. The van der Waals surface area contributed by atoms with E-state index < -0.39 is 17.8 Å². The van der Waals surface area contributed by atoms with Gasteiger partial charge < -0.3 is 0 Å². The lowest BCUT2D eigenvalue weighted by atomic mass is 9.92. The van der Waals surface area contributed by atoms with Gasteiger partial charge in [-0.2, -0.15) is 0 Å². The molecule has 4 aromatic rings. The van der Waals surface area contributed by atoms with Gasteiger partial charge in [0.2, 0.25) is 0 Å². The van der Waals surface area contributed by atoms with Crippen LogP contribution in [0.3, 0.4) is 0 Å². The van der Waals surface area contributed by atoms with Crippen LogP contribution < -0.4 is 10.2 Å². The van der Waals surface area contributed by atoms with Gasteiger partial charge in [-0.1, -0.05) is 54.6 Å². The lowest BCUT2D eigenvalue weighted by Gasteiger charge is -2.27. The number of benzene rings is 4. The number of nitrogens with zero attached hydrogens (tertiary/aromatic N) is 1. The predicted molar refractivity (Wildman–Crippen MR) is 138 cm³/mol. The summed E-state index contributed by atoms with van der Waals surface area (Å²) in [5, 5.41) is 4.07. The van der Waals surface area contributed by atoms with Crippen molar-refractivity contribution in [2.75, 3.05) is 4.90 Å². The first kappa shape index (κ1) is 23.2. The van der Waals surface area contributed by atoms with E-state index in [0.29, 0.717) is 17.7 Å². The zero-order chi connectivity index (χ0) is 25.4. The summed E-state index contributed by atoms with van der Waals surface area (Å²) < 4.78 is 13.8. The van der Waals surface area contributed by atoms with Crippen LogP contribution in [0.25, 0.3) is 16.8 Å². The summed E-state index contributed by atoms with van der Waals surface area (Å²) >= 11 is 0. The number of amides is 4. The molecule has 4 amide bonds. The monoisotopic (exact) mass is 478 g/mol. The highest BCUT2D eigenvalue weighted by atomic mass is 19.1. The van der Waals surface area contributed by atoms with Gasteiger partial charge in [0.25, 0.3) is 11.8 Å². The first-order chi connectivity index (χ1) is 17.3. The fraction of sp³-hybridized carbons (Fsp3) is 0.100. The van der Waals surface area contributed by atoms with E-state index in [1.54, 1.807) is 18.2 Å². The van der Waals surface area contributed by atoms with Crippen molar-refractivity contribution >= 4 is 40.4 Å². The van der Waals surface area contributed by atoms with Gasteiger partial charge in [-0.05, 0) is 89.2 Å². The number of aryl methyl sites for hydroxylation is 2. The molecular formula is C30H23FN2O3. The molecule has 0 spiro atoms. The molecule has 0 bridgehead atoms. The summed E-state index contributed by atoms with van der Waals surface area (Å²) in [5.41, 5.74) is 4.43. The molecule has 36 heavy (non-hydrogen) atoms. The van der Waals surface area contributed by atoms with Crippen molar-refractivity contribution in [3.63, 3.8) is 0 Å². The maximum Gasteiger partial charge on any atom is 0.335 e. The first-order valence-corrected chi connectivity index (χ1v) is 11.6. The summed E-state index contributed by atoms with van der Waals surface area (Å²) in [5.74, 6) is -1.79. The molecule has 0 saturated carbocycles. The standard InChI is InChI=1S/C30H23FN2O3/c1-18-10-13-24(14-19(18)2)33-29(35)27(28(34)32-30(33)36)17-26-22(15-20-6-5-8-23(31)16-20)12-11-21-7-3-4-9-25(21)26/h3-14,16-17H,15H2,1-2H3,(H,32,34,36)/b27-17+. The Labute approximate surface area is 207 Å². The van der Waals surface area contributed by atoms with Crippen LogP contribution in [0, 0.1) is 19.7 Å². The average Bonchev–Trinajstić information content (AvgIpc) is 2.84. The molecule has 1 heterocycles. The Hall–Kier alpha value is -4.58. The van der Waals surface area contributed by atoms with Gasteiger partial charge >= 0.3 is 6.03 Å². The third-order valence-corrected chi connectivity index (χ3v) is 6.48. The quantitative estimate of drug-likeness (QED) is 0.295. The van der Waals surface area contributed by atoms with Crippen LogP contribution in [0.4, 0.5) is 14.9 Å². The highest BCUT2D eigenvalue weighted by Gasteiger charge is 2.37. The van der Waals surface area contributed by atoms with E-state index in [2.05, 4.69) is 5.32 Å². The van der Waals surface area contributed by atoms with Crippen molar-refractivity contribution < 1.29 is 18.8 Å².